The molecule has 1 heterocycles. The molecule has 4 nitrogen and oxygen atoms in total. The van der Waals surface area contributed by atoms with Gasteiger partial charge in [0.15, 0.2) is 6.61 Å². The van der Waals surface area contributed by atoms with Crippen LogP contribution in [-0.4, -0.2) is 42.6 Å². The average molecular weight is 398 g/mol. The van der Waals surface area contributed by atoms with Crippen molar-refractivity contribution in [2.75, 3.05) is 26.2 Å². The highest BCUT2D eigenvalue weighted by Gasteiger charge is 2.38. The third kappa shape index (κ3) is 5.40. The molecular formula is C21H29F3N2O2. The quantitative estimate of drug-likeness (QED) is 0.773. The first kappa shape index (κ1) is 21.0. The number of amides is 1. The summed E-state index contributed by atoms with van der Waals surface area (Å²) >= 11 is 0. The standard InChI is InChI=1S/C21H29F3N2O2/c22-21(23,24)17-8-7-9-18(14-17)28-15-19(27)25-16-20(10-3-1-4-11-20)26-12-5-2-6-13-26/h7-9,14H,1-6,10-13,15-16H2,(H,25,27). The lowest BCUT2D eigenvalue weighted by molar-refractivity contribution is -0.137. The lowest BCUT2D eigenvalue weighted by Gasteiger charge is -2.48. The molecule has 0 aromatic heterocycles. The third-order valence-electron chi connectivity index (χ3n) is 5.96. The van der Waals surface area contributed by atoms with Crippen LogP contribution < -0.4 is 10.1 Å². The van der Waals surface area contributed by atoms with Gasteiger partial charge in [-0.05, 0) is 57.0 Å². The number of alkyl halides is 3. The summed E-state index contributed by atoms with van der Waals surface area (Å²) in [5.74, 6) is -0.243. The minimum atomic E-state index is -4.43. The zero-order valence-corrected chi connectivity index (χ0v) is 16.2. The lowest BCUT2D eigenvalue weighted by Crippen LogP contribution is -2.58. The van der Waals surface area contributed by atoms with Crippen LogP contribution in [0.3, 0.4) is 0 Å². The Labute approximate surface area is 164 Å². The van der Waals surface area contributed by atoms with Crippen LogP contribution in [0.2, 0.25) is 0 Å². The van der Waals surface area contributed by atoms with Crippen LogP contribution in [0.1, 0.15) is 56.9 Å². The summed E-state index contributed by atoms with van der Waals surface area (Å²) in [5, 5.41) is 2.98. The highest BCUT2D eigenvalue weighted by atomic mass is 19.4. The number of hydrogen-bond acceptors (Lipinski definition) is 3. The predicted molar refractivity (Wildman–Crippen MR) is 101 cm³/mol. The molecule has 1 aromatic rings. The van der Waals surface area contributed by atoms with Gasteiger partial charge in [-0.3, -0.25) is 9.69 Å². The largest absolute Gasteiger partial charge is 0.484 e. The fraction of sp³-hybridized carbons (Fsp3) is 0.667. The van der Waals surface area contributed by atoms with E-state index in [4.69, 9.17) is 4.74 Å². The predicted octanol–water partition coefficient (Wildman–Crippen LogP) is 4.39. The van der Waals surface area contributed by atoms with Crippen LogP contribution in [0, 0.1) is 0 Å². The average Bonchev–Trinajstić information content (AvgIpc) is 2.72. The van der Waals surface area contributed by atoms with Crippen LogP contribution in [-0.2, 0) is 11.0 Å². The molecular weight excluding hydrogens is 369 g/mol. The molecule has 1 aliphatic heterocycles. The van der Waals surface area contributed by atoms with Crippen molar-refractivity contribution in [3.63, 3.8) is 0 Å². The van der Waals surface area contributed by atoms with Crippen LogP contribution in [0.5, 0.6) is 5.75 Å². The molecule has 7 heteroatoms. The lowest BCUT2D eigenvalue weighted by atomic mass is 9.79. The van der Waals surface area contributed by atoms with Crippen LogP contribution in [0.15, 0.2) is 24.3 Å². The van der Waals surface area contributed by atoms with Gasteiger partial charge in [-0.25, -0.2) is 0 Å². The number of hydrogen-bond donors (Lipinski definition) is 1. The van der Waals surface area contributed by atoms with Crippen molar-refractivity contribution < 1.29 is 22.7 Å². The molecule has 0 spiro atoms. The summed E-state index contributed by atoms with van der Waals surface area (Å²) in [6.07, 6.45) is 5.00. The topological polar surface area (TPSA) is 41.6 Å². The van der Waals surface area contributed by atoms with E-state index in [0.29, 0.717) is 6.54 Å². The molecule has 1 aromatic carbocycles. The maximum absolute atomic E-state index is 12.8. The van der Waals surface area contributed by atoms with E-state index in [1.807, 2.05) is 0 Å². The molecule has 2 fully saturated rings. The van der Waals surface area contributed by atoms with E-state index in [1.54, 1.807) is 0 Å². The second kappa shape index (κ2) is 9.16. The molecule has 2 aliphatic rings. The van der Waals surface area contributed by atoms with E-state index in [9.17, 15) is 18.0 Å². The van der Waals surface area contributed by atoms with Crippen LogP contribution in [0.4, 0.5) is 13.2 Å². The highest BCUT2D eigenvalue weighted by Crippen LogP contribution is 2.35. The van der Waals surface area contributed by atoms with Gasteiger partial charge >= 0.3 is 6.18 Å². The summed E-state index contributed by atoms with van der Waals surface area (Å²) in [7, 11) is 0. The Bertz CT molecular complexity index is 651. The van der Waals surface area contributed by atoms with Crippen molar-refractivity contribution in [2.45, 2.75) is 63.1 Å². The molecule has 0 unspecified atom stereocenters. The minimum absolute atomic E-state index is 0.0184. The number of ether oxygens (including phenoxy) is 1. The first-order valence-electron chi connectivity index (χ1n) is 10.2. The van der Waals surface area contributed by atoms with E-state index in [-0.39, 0.29) is 23.8 Å². The molecule has 1 N–H and O–H groups in total. The second-order valence-corrected chi connectivity index (χ2v) is 7.92. The van der Waals surface area contributed by atoms with Gasteiger partial charge in [0.2, 0.25) is 0 Å². The van der Waals surface area contributed by atoms with Crippen molar-refractivity contribution in [1.82, 2.24) is 10.2 Å². The van der Waals surface area contributed by atoms with Crippen LogP contribution in [0.25, 0.3) is 0 Å². The fourth-order valence-electron chi connectivity index (χ4n) is 4.41. The Morgan fingerprint density at radius 3 is 2.43 bits per heavy atom. The first-order chi connectivity index (χ1) is 13.4. The second-order valence-electron chi connectivity index (χ2n) is 7.92. The Morgan fingerprint density at radius 1 is 1.07 bits per heavy atom. The summed E-state index contributed by atoms with van der Waals surface area (Å²) in [6.45, 7) is 2.46. The smallest absolute Gasteiger partial charge is 0.416 e. The fourth-order valence-corrected chi connectivity index (χ4v) is 4.41. The van der Waals surface area contributed by atoms with Gasteiger partial charge in [-0.15, -0.1) is 0 Å². The van der Waals surface area contributed by atoms with Gasteiger partial charge in [0, 0.05) is 12.1 Å². The summed E-state index contributed by atoms with van der Waals surface area (Å²) in [5.41, 5.74) is -0.762. The molecule has 1 amide bonds. The number of carbonyl (C=O) groups is 1. The van der Waals surface area contributed by atoms with Gasteiger partial charge in [0.25, 0.3) is 5.91 Å². The molecule has 1 saturated carbocycles. The molecule has 156 valence electrons. The maximum Gasteiger partial charge on any atom is 0.416 e. The zero-order chi connectivity index (χ0) is 20.0. The van der Waals surface area contributed by atoms with Gasteiger partial charge in [0.05, 0.1) is 5.56 Å². The zero-order valence-electron chi connectivity index (χ0n) is 16.2. The third-order valence-corrected chi connectivity index (χ3v) is 5.96. The molecule has 28 heavy (non-hydrogen) atoms. The first-order valence-corrected chi connectivity index (χ1v) is 10.2. The number of piperidine rings is 1. The van der Waals surface area contributed by atoms with Crippen molar-refractivity contribution in [1.29, 1.82) is 0 Å². The van der Waals surface area contributed by atoms with Crippen molar-refractivity contribution in [2.24, 2.45) is 0 Å². The molecule has 0 atom stereocenters. The summed E-state index contributed by atoms with van der Waals surface area (Å²) < 4.78 is 43.6. The van der Waals surface area contributed by atoms with E-state index in [2.05, 4.69) is 10.2 Å². The maximum atomic E-state index is 12.8. The number of nitrogens with one attached hydrogen (secondary N) is 1. The summed E-state index contributed by atoms with van der Waals surface area (Å²) in [4.78, 5) is 14.8. The molecule has 0 bridgehead atoms. The van der Waals surface area contributed by atoms with Crippen molar-refractivity contribution in [3.8, 4) is 5.75 Å². The van der Waals surface area contributed by atoms with E-state index in [0.717, 1.165) is 38.1 Å². The van der Waals surface area contributed by atoms with E-state index < -0.39 is 11.7 Å². The SMILES string of the molecule is O=C(COc1cccc(C(F)(F)F)c1)NCC1(N2CCCCC2)CCCCC1. The molecule has 1 saturated heterocycles. The molecule has 3 rings (SSSR count). The Hall–Kier alpha value is -1.76. The van der Waals surface area contributed by atoms with E-state index in [1.165, 1.54) is 50.7 Å². The van der Waals surface area contributed by atoms with Crippen molar-refractivity contribution in [3.05, 3.63) is 29.8 Å². The number of carbonyl (C=O) groups excluding carboxylic acids is 1. The van der Waals surface area contributed by atoms with E-state index >= 15 is 0 Å². The summed E-state index contributed by atoms with van der Waals surface area (Å²) in [6, 6.07) is 4.62. The van der Waals surface area contributed by atoms with Gasteiger partial charge in [-0.1, -0.05) is 31.7 Å². The van der Waals surface area contributed by atoms with Gasteiger partial charge in [-0.2, -0.15) is 13.2 Å². The van der Waals surface area contributed by atoms with Crippen molar-refractivity contribution >= 4 is 5.91 Å². The molecule has 0 radical (unpaired) electrons. The normalized spacial score (nSPS) is 20.5. The Kier molecular flexibility index (Phi) is 6.86. The minimum Gasteiger partial charge on any atom is -0.484 e. The number of nitrogens with zero attached hydrogens (tertiary/aromatic N) is 1. The monoisotopic (exact) mass is 398 g/mol. The Balaban J connectivity index is 1.53. The van der Waals surface area contributed by atoms with Gasteiger partial charge < -0.3 is 10.1 Å². The van der Waals surface area contributed by atoms with Crippen LogP contribution >= 0.6 is 0 Å². The van der Waals surface area contributed by atoms with Gasteiger partial charge in [0.1, 0.15) is 5.75 Å². The number of halogens is 3. The Morgan fingerprint density at radius 2 is 1.75 bits per heavy atom. The number of likely N-dealkylation sites (tertiary alicyclic amines) is 1. The molecule has 1 aliphatic carbocycles. The number of benzene rings is 1. The highest BCUT2D eigenvalue weighted by molar-refractivity contribution is 5.77. The number of rotatable bonds is 6.